The molecule has 0 aliphatic carbocycles. The number of nitrogens with zero attached hydrogens (tertiary/aromatic N) is 5. The van der Waals surface area contributed by atoms with Crippen LogP contribution in [0.3, 0.4) is 0 Å². The number of aromatic nitrogens is 4. The van der Waals surface area contributed by atoms with Gasteiger partial charge in [0, 0.05) is 26.7 Å². The molecule has 1 fully saturated rings. The number of aryl methyl sites for hydroxylation is 1. The predicted molar refractivity (Wildman–Crippen MR) is 83.9 cm³/mol. The summed E-state index contributed by atoms with van der Waals surface area (Å²) >= 11 is 0. The van der Waals surface area contributed by atoms with Gasteiger partial charge in [0.05, 0.1) is 17.8 Å². The summed E-state index contributed by atoms with van der Waals surface area (Å²) in [7, 11) is -1.21. The maximum Gasteiger partial charge on any atom is 0.211 e. The zero-order chi connectivity index (χ0) is 15.7. The molecule has 0 aromatic carbocycles. The highest BCUT2D eigenvalue weighted by Crippen LogP contribution is 2.22. The van der Waals surface area contributed by atoms with Gasteiger partial charge in [0.1, 0.15) is 12.1 Å². The Hall–Kier alpha value is -1.74. The van der Waals surface area contributed by atoms with Crippen molar-refractivity contribution in [2.45, 2.75) is 12.8 Å². The molecule has 3 rings (SSSR count). The van der Waals surface area contributed by atoms with Gasteiger partial charge < -0.3 is 5.32 Å². The van der Waals surface area contributed by atoms with Crippen molar-refractivity contribution in [1.82, 2.24) is 24.1 Å². The van der Waals surface area contributed by atoms with Crippen LogP contribution in [-0.2, 0) is 17.1 Å². The summed E-state index contributed by atoms with van der Waals surface area (Å²) in [5.41, 5.74) is 0.796. The van der Waals surface area contributed by atoms with Crippen LogP contribution < -0.4 is 5.32 Å². The Morgan fingerprint density at radius 1 is 1.32 bits per heavy atom. The molecule has 2 aromatic heterocycles. The summed E-state index contributed by atoms with van der Waals surface area (Å²) in [4.78, 5) is 8.49. The van der Waals surface area contributed by atoms with Crippen LogP contribution in [-0.4, -0.2) is 58.4 Å². The number of piperidine rings is 1. The van der Waals surface area contributed by atoms with E-state index in [1.807, 2.05) is 7.05 Å². The number of rotatable bonds is 4. The van der Waals surface area contributed by atoms with Gasteiger partial charge >= 0.3 is 0 Å². The minimum atomic E-state index is -3.06. The molecule has 0 spiro atoms. The Morgan fingerprint density at radius 2 is 2.05 bits per heavy atom. The Kier molecular flexibility index (Phi) is 4.00. The number of nitrogens with one attached hydrogen (secondary N) is 1. The molecule has 3 heterocycles. The van der Waals surface area contributed by atoms with Crippen LogP contribution in [0.25, 0.3) is 11.0 Å². The molecule has 1 saturated heterocycles. The first-order valence-electron chi connectivity index (χ1n) is 7.27. The molecule has 0 radical (unpaired) electrons. The molecule has 0 unspecified atom stereocenters. The van der Waals surface area contributed by atoms with Crippen LogP contribution in [0.15, 0.2) is 12.5 Å². The van der Waals surface area contributed by atoms with Crippen molar-refractivity contribution in [3.63, 3.8) is 0 Å². The highest BCUT2D eigenvalue weighted by Gasteiger charge is 2.24. The Bertz CT molecular complexity index is 764. The first kappa shape index (κ1) is 15.2. The van der Waals surface area contributed by atoms with Crippen molar-refractivity contribution in [3.05, 3.63) is 12.5 Å². The van der Waals surface area contributed by atoms with E-state index >= 15 is 0 Å². The number of fused-ring (bicyclic) bond motifs is 1. The Labute approximate surface area is 129 Å². The minimum Gasteiger partial charge on any atom is -0.369 e. The molecule has 9 heteroatoms. The standard InChI is InChI=1S/C13H20N6O2S/c1-18-13-11(8-17-18)12(15-9-16-13)14-7-10-3-5-19(6-4-10)22(2,20)21/h8-10H,3-7H2,1-2H3,(H,14,15,16). The van der Waals surface area contributed by atoms with Gasteiger partial charge in [0.2, 0.25) is 10.0 Å². The highest BCUT2D eigenvalue weighted by molar-refractivity contribution is 7.88. The normalized spacial score (nSPS) is 17.9. The molecule has 0 atom stereocenters. The van der Waals surface area contributed by atoms with E-state index in [1.54, 1.807) is 15.2 Å². The molecule has 0 saturated carbocycles. The molecule has 0 bridgehead atoms. The number of anilines is 1. The van der Waals surface area contributed by atoms with Crippen LogP contribution >= 0.6 is 0 Å². The van der Waals surface area contributed by atoms with Crippen LogP contribution in [0.5, 0.6) is 0 Å². The van der Waals surface area contributed by atoms with E-state index in [0.717, 1.165) is 36.2 Å². The third-order valence-electron chi connectivity index (χ3n) is 4.13. The van der Waals surface area contributed by atoms with E-state index in [9.17, 15) is 8.42 Å². The predicted octanol–water partition coefficient (Wildman–Crippen LogP) is 0.447. The fourth-order valence-electron chi connectivity index (χ4n) is 2.79. The molecule has 0 amide bonds. The largest absolute Gasteiger partial charge is 0.369 e. The van der Waals surface area contributed by atoms with E-state index in [1.165, 1.54) is 12.6 Å². The monoisotopic (exact) mass is 324 g/mol. The highest BCUT2D eigenvalue weighted by atomic mass is 32.2. The van der Waals surface area contributed by atoms with Crippen molar-refractivity contribution in [2.24, 2.45) is 13.0 Å². The van der Waals surface area contributed by atoms with Gasteiger partial charge in [-0.15, -0.1) is 0 Å². The first-order chi connectivity index (χ1) is 10.4. The van der Waals surface area contributed by atoms with E-state index in [2.05, 4.69) is 20.4 Å². The van der Waals surface area contributed by atoms with Crippen LogP contribution in [0.4, 0.5) is 5.82 Å². The van der Waals surface area contributed by atoms with Gasteiger partial charge in [0.15, 0.2) is 5.65 Å². The van der Waals surface area contributed by atoms with Gasteiger partial charge in [-0.3, -0.25) is 4.68 Å². The van der Waals surface area contributed by atoms with Gasteiger partial charge in [-0.1, -0.05) is 0 Å². The van der Waals surface area contributed by atoms with E-state index in [0.29, 0.717) is 19.0 Å². The summed E-state index contributed by atoms with van der Waals surface area (Å²) in [5, 5.41) is 8.44. The fourth-order valence-corrected chi connectivity index (χ4v) is 3.66. The number of hydrogen-bond donors (Lipinski definition) is 1. The zero-order valence-electron chi connectivity index (χ0n) is 12.7. The maximum absolute atomic E-state index is 11.5. The van der Waals surface area contributed by atoms with Gasteiger partial charge in [-0.25, -0.2) is 22.7 Å². The Morgan fingerprint density at radius 3 is 2.73 bits per heavy atom. The molecule has 1 aliphatic heterocycles. The lowest BCUT2D eigenvalue weighted by Crippen LogP contribution is -2.39. The lowest BCUT2D eigenvalue weighted by Gasteiger charge is -2.30. The summed E-state index contributed by atoms with van der Waals surface area (Å²) in [5.74, 6) is 1.23. The fraction of sp³-hybridized carbons (Fsp3) is 0.615. The van der Waals surface area contributed by atoms with Crippen LogP contribution in [0, 0.1) is 5.92 Å². The van der Waals surface area contributed by atoms with E-state index < -0.39 is 10.0 Å². The van der Waals surface area contributed by atoms with E-state index in [4.69, 9.17) is 0 Å². The Balaban J connectivity index is 1.61. The number of hydrogen-bond acceptors (Lipinski definition) is 6. The lowest BCUT2D eigenvalue weighted by atomic mass is 9.98. The van der Waals surface area contributed by atoms with Crippen molar-refractivity contribution in [2.75, 3.05) is 31.2 Å². The van der Waals surface area contributed by atoms with Crippen molar-refractivity contribution in [1.29, 1.82) is 0 Å². The maximum atomic E-state index is 11.5. The molecule has 1 aliphatic rings. The molecule has 8 nitrogen and oxygen atoms in total. The average molecular weight is 324 g/mol. The second kappa shape index (κ2) is 5.81. The molecular weight excluding hydrogens is 304 g/mol. The van der Waals surface area contributed by atoms with Crippen molar-refractivity contribution < 1.29 is 8.42 Å². The number of sulfonamides is 1. The van der Waals surface area contributed by atoms with Crippen molar-refractivity contribution >= 4 is 26.9 Å². The van der Waals surface area contributed by atoms with Crippen molar-refractivity contribution in [3.8, 4) is 0 Å². The molecule has 22 heavy (non-hydrogen) atoms. The summed E-state index contributed by atoms with van der Waals surface area (Å²) < 4.78 is 26.3. The van der Waals surface area contributed by atoms with Crippen LogP contribution in [0.2, 0.25) is 0 Å². The summed E-state index contributed by atoms with van der Waals surface area (Å²) in [6, 6.07) is 0. The van der Waals surface area contributed by atoms with Gasteiger partial charge in [0.25, 0.3) is 0 Å². The topological polar surface area (TPSA) is 93.0 Å². The lowest BCUT2D eigenvalue weighted by molar-refractivity contribution is 0.283. The average Bonchev–Trinajstić information content (AvgIpc) is 2.87. The third kappa shape index (κ3) is 3.05. The summed E-state index contributed by atoms with van der Waals surface area (Å²) in [6.07, 6.45) is 6.27. The smallest absolute Gasteiger partial charge is 0.211 e. The first-order valence-corrected chi connectivity index (χ1v) is 9.11. The molecule has 120 valence electrons. The van der Waals surface area contributed by atoms with E-state index in [-0.39, 0.29) is 0 Å². The van der Waals surface area contributed by atoms with Crippen LogP contribution in [0.1, 0.15) is 12.8 Å². The SMILES string of the molecule is Cn1ncc2c(NCC3CCN(S(C)(=O)=O)CC3)ncnc21. The quantitative estimate of drug-likeness (QED) is 0.877. The summed E-state index contributed by atoms with van der Waals surface area (Å²) in [6.45, 7) is 1.97. The molecule has 2 aromatic rings. The molecular formula is C13H20N6O2S. The molecule has 1 N–H and O–H groups in total. The third-order valence-corrected chi connectivity index (χ3v) is 5.43. The minimum absolute atomic E-state index is 0.444. The second-order valence-corrected chi connectivity index (χ2v) is 7.70. The van der Waals surface area contributed by atoms with Gasteiger partial charge in [-0.05, 0) is 18.8 Å². The second-order valence-electron chi connectivity index (χ2n) is 5.71. The zero-order valence-corrected chi connectivity index (χ0v) is 13.5. The van der Waals surface area contributed by atoms with Gasteiger partial charge in [-0.2, -0.15) is 5.10 Å².